The van der Waals surface area contributed by atoms with Gasteiger partial charge in [0.25, 0.3) is 0 Å². The van der Waals surface area contributed by atoms with E-state index in [4.69, 9.17) is 18.9 Å². The zero-order valence-electron chi connectivity index (χ0n) is 19.5. The van der Waals surface area contributed by atoms with E-state index in [0.29, 0.717) is 6.42 Å². The predicted octanol–water partition coefficient (Wildman–Crippen LogP) is 4.74. The summed E-state index contributed by atoms with van der Waals surface area (Å²) in [5, 5.41) is 0. The van der Waals surface area contributed by atoms with Crippen molar-refractivity contribution >= 4 is 17.9 Å². The summed E-state index contributed by atoms with van der Waals surface area (Å²) < 4.78 is 21.8. The van der Waals surface area contributed by atoms with Crippen LogP contribution in [0.25, 0.3) is 0 Å². The van der Waals surface area contributed by atoms with Crippen LogP contribution in [-0.2, 0) is 33.3 Å². The molecule has 0 bridgehead atoms. The van der Waals surface area contributed by atoms with Crippen LogP contribution >= 0.6 is 0 Å². The SMILES string of the molecule is CCCCCOC(CC(=O)OCCCC)(CC(=O)OCCCC)C(=O)OCCCC. The second kappa shape index (κ2) is 18.2. The lowest BCUT2D eigenvalue weighted by atomic mass is 9.94. The third-order valence-corrected chi connectivity index (χ3v) is 4.61. The van der Waals surface area contributed by atoms with E-state index in [1.54, 1.807) is 0 Å². The third-order valence-electron chi connectivity index (χ3n) is 4.61. The van der Waals surface area contributed by atoms with Crippen LogP contribution in [0.5, 0.6) is 0 Å². The lowest BCUT2D eigenvalue weighted by Gasteiger charge is -2.30. The molecule has 0 spiro atoms. The van der Waals surface area contributed by atoms with E-state index in [2.05, 4.69) is 6.92 Å². The second-order valence-corrected chi connectivity index (χ2v) is 7.54. The smallest absolute Gasteiger partial charge is 0.339 e. The minimum atomic E-state index is -1.71. The van der Waals surface area contributed by atoms with E-state index in [1.807, 2.05) is 20.8 Å². The topological polar surface area (TPSA) is 88.1 Å². The van der Waals surface area contributed by atoms with Crippen LogP contribution in [0, 0.1) is 0 Å². The Morgan fingerprint density at radius 3 is 1.43 bits per heavy atom. The molecule has 0 heterocycles. The number of esters is 3. The molecule has 0 N–H and O–H groups in total. The molecule has 0 unspecified atom stereocenters. The van der Waals surface area contributed by atoms with Crippen molar-refractivity contribution in [1.29, 1.82) is 0 Å². The summed E-state index contributed by atoms with van der Waals surface area (Å²) >= 11 is 0. The van der Waals surface area contributed by atoms with Crippen molar-refractivity contribution in [2.24, 2.45) is 0 Å². The fraction of sp³-hybridized carbons (Fsp3) is 0.870. The molecule has 0 aliphatic heterocycles. The summed E-state index contributed by atoms with van der Waals surface area (Å²) in [6.07, 6.45) is 6.67. The Morgan fingerprint density at radius 1 is 0.567 bits per heavy atom. The maximum absolute atomic E-state index is 13.0. The highest BCUT2D eigenvalue weighted by atomic mass is 16.6. The maximum atomic E-state index is 13.0. The number of hydrogen-bond donors (Lipinski definition) is 0. The van der Waals surface area contributed by atoms with Gasteiger partial charge in [0, 0.05) is 6.61 Å². The molecule has 7 nitrogen and oxygen atoms in total. The van der Waals surface area contributed by atoms with Crippen molar-refractivity contribution < 1.29 is 33.3 Å². The molecule has 0 atom stereocenters. The summed E-state index contributed by atoms with van der Waals surface area (Å²) in [5.41, 5.74) is -1.71. The van der Waals surface area contributed by atoms with Crippen LogP contribution < -0.4 is 0 Å². The molecule has 0 saturated heterocycles. The molecule has 7 heteroatoms. The summed E-state index contributed by atoms with van der Waals surface area (Å²) in [4.78, 5) is 37.8. The van der Waals surface area contributed by atoms with Crippen molar-refractivity contribution in [1.82, 2.24) is 0 Å². The van der Waals surface area contributed by atoms with E-state index in [1.165, 1.54) is 0 Å². The summed E-state index contributed by atoms with van der Waals surface area (Å²) in [5.74, 6) is -1.85. The number of carbonyl (C=O) groups is 3. The van der Waals surface area contributed by atoms with E-state index >= 15 is 0 Å². The van der Waals surface area contributed by atoms with Crippen LogP contribution in [0.3, 0.4) is 0 Å². The van der Waals surface area contributed by atoms with Crippen molar-refractivity contribution in [2.75, 3.05) is 26.4 Å². The van der Waals surface area contributed by atoms with Gasteiger partial charge >= 0.3 is 17.9 Å². The minimum absolute atomic E-state index is 0.213. The number of hydrogen-bond acceptors (Lipinski definition) is 7. The van der Waals surface area contributed by atoms with Gasteiger partial charge in [-0.05, 0) is 25.7 Å². The van der Waals surface area contributed by atoms with Crippen LogP contribution in [-0.4, -0.2) is 49.9 Å². The van der Waals surface area contributed by atoms with Crippen LogP contribution in [0.1, 0.15) is 98.3 Å². The first-order valence-electron chi connectivity index (χ1n) is 11.6. The van der Waals surface area contributed by atoms with Gasteiger partial charge in [0.2, 0.25) is 0 Å². The van der Waals surface area contributed by atoms with Gasteiger partial charge in [-0.3, -0.25) is 9.59 Å². The van der Waals surface area contributed by atoms with Crippen LogP contribution in [0.2, 0.25) is 0 Å². The molecule has 0 saturated carbocycles. The van der Waals surface area contributed by atoms with Gasteiger partial charge in [0.05, 0.1) is 32.7 Å². The number of ether oxygens (including phenoxy) is 4. The molecule has 176 valence electrons. The van der Waals surface area contributed by atoms with E-state index in [-0.39, 0.29) is 39.3 Å². The molecule has 0 aliphatic rings. The Labute approximate surface area is 182 Å². The molecule has 0 aromatic rings. The summed E-state index contributed by atoms with van der Waals surface area (Å²) in [6, 6.07) is 0. The maximum Gasteiger partial charge on any atom is 0.339 e. The highest BCUT2D eigenvalue weighted by Crippen LogP contribution is 2.26. The minimum Gasteiger partial charge on any atom is -0.466 e. The van der Waals surface area contributed by atoms with Crippen LogP contribution in [0.4, 0.5) is 0 Å². The molecule has 0 fully saturated rings. The van der Waals surface area contributed by atoms with Crippen molar-refractivity contribution in [2.45, 2.75) is 104 Å². The molecule has 0 aromatic heterocycles. The highest BCUT2D eigenvalue weighted by Gasteiger charge is 2.46. The van der Waals surface area contributed by atoms with Crippen molar-refractivity contribution in [3.8, 4) is 0 Å². The van der Waals surface area contributed by atoms with Gasteiger partial charge < -0.3 is 18.9 Å². The lowest BCUT2D eigenvalue weighted by molar-refractivity contribution is -0.186. The largest absolute Gasteiger partial charge is 0.466 e. The highest BCUT2D eigenvalue weighted by molar-refractivity contribution is 5.90. The molecule has 0 rings (SSSR count). The molecule has 0 aromatic carbocycles. The first-order chi connectivity index (χ1) is 14.5. The second-order valence-electron chi connectivity index (χ2n) is 7.54. The Bertz CT molecular complexity index is 452. The zero-order valence-corrected chi connectivity index (χ0v) is 19.5. The quantitative estimate of drug-likeness (QED) is 0.166. The normalized spacial score (nSPS) is 11.2. The van der Waals surface area contributed by atoms with Gasteiger partial charge in [-0.2, -0.15) is 0 Å². The zero-order chi connectivity index (χ0) is 22.7. The Hall–Kier alpha value is -1.63. The number of rotatable bonds is 19. The van der Waals surface area contributed by atoms with Crippen LogP contribution in [0.15, 0.2) is 0 Å². The standard InChI is InChI=1S/C23H42O7/c1-5-9-13-17-30-23(22(26)29-16-12-8-4,18-20(24)27-14-10-6-2)19-21(25)28-15-11-7-3/h5-19H2,1-4H3. The molecule has 0 radical (unpaired) electrons. The first-order valence-corrected chi connectivity index (χ1v) is 11.6. The van der Waals surface area contributed by atoms with Gasteiger partial charge in [-0.1, -0.05) is 59.8 Å². The fourth-order valence-corrected chi connectivity index (χ4v) is 2.66. The number of unbranched alkanes of at least 4 members (excludes halogenated alkanes) is 5. The molecular weight excluding hydrogens is 388 g/mol. The molecule has 30 heavy (non-hydrogen) atoms. The molecule has 0 aliphatic carbocycles. The monoisotopic (exact) mass is 430 g/mol. The average molecular weight is 431 g/mol. The van der Waals surface area contributed by atoms with Gasteiger partial charge in [-0.15, -0.1) is 0 Å². The summed E-state index contributed by atoms with van der Waals surface area (Å²) in [7, 11) is 0. The Balaban J connectivity index is 5.41. The first kappa shape index (κ1) is 28.4. The van der Waals surface area contributed by atoms with Crippen molar-refractivity contribution in [3.63, 3.8) is 0 Å². The lowest BCUT2D eigenvalue weighted by Crippen LogP contribution is -2.47. The molecule has 0 amide bonds. The van der Waals surface area contributed by atoms with Gasteiger partial charge in [0.1, 0.15) is 0 Å². The predicted molar refractivity (Wildman–Crippen MR) is 115 cm³/mol. The Kier molecular flexibility index (Phi) is 17.2. The molecular formula is C23H42O7. The van der Waals surface area contributed by atoms with E-state index in [9.17, 15) is 14.4 Å². The number of carbonyl (C=O) groups excluding carboxylic acids is 3. The Morgan fingerprint density at radius 2 is 1.00 bits per heavy atom. The average Bonchev–Trinajstić information content (AvgIpc) is 2.71. The van der Waals surface area contributed by atoms with E-state index in [0.717, 1.165) is 51.4 Å². The summed E-state index contributed by atoms with van der Waals surface area (Å²) in [6.45, 7) is 9.03. The van der Waals surface area contributed by atoms with Gasteiger partial charge in [0.15, 0.2) is 5.60 Å². The van der Waals surface area contributed by atoms with Gasteiger partial charge in [-0.25, -0.2) is 4.79 Å². The fourth-order valence-electron chi connectivity index (χ4n) is 2.66. The van der Waals surface area contributed by atoms with Crippen molar-refractivity contribution in [3.05, 3.63) is 0 Å². The van der Waals surface area contributed by atoms with E-state index < -0.39 is 23.5 Å². The third kappa shape index (κ3) is 12.8.